The van der Waals surface area contributed by atoms with Crippen molar-refractivity contribution in [2.45, 2.75) is 6.04 Å². The van der Waals surface area contributed by atoms with E-state index in [1.165, 1.54) is 0 Å². The van der Waals surface area contributed by atoms with Gasteiger partial charge in [0.25, 0.3) is 0 Å². The lowest BCUT2D eigenvalue weighted by Gasteiger charge is -2.22. The number of carbonyl (C=O) groups excluding carboxylic acids is 2. The summed E-state index contributed by atoms with van der Waals surface area (Å²) in [6, 6.07) is 6.83. The van der Waals surface area contributed by atoms with E-state index < -0.39 is 0 Å². The van der Waals surface area contributed by atoms with Gasteiger partial charge in [-0.15, -0.1) is 12.4 Å². The molecule has 1 unspecified atom stereocenters. The first kappa shape index (κ1) is 17.9. The van der Waals surface area contributed by atoms with Crippen LogP contribution in [0.3, 0.4) is 0 Å². The molecule has 0 aliphatic carbocycles. The van der Waals surface area contributed by atoms with Crippen molar-refractivity contribution >= 4 is 45.8 Å². The average Bonchev–Trinajstić information content (AvgIpc) is 2.48. The highest BCUT2D eigenvalue weighted by Crippen LogP contribution is 2.13. The Labute approximate surface area is 137 Å². The molecule has 1 aliphatic heterocycles. The minimum absolute atomic E-state index is 0. The van der Waals surface area contributed by atoms with Gasteiger partial charge in [0.15, 0.2) is 0 Å². The predicted octanol–water partition coefficient (Wildman–Crippen LogP) is 0.914. The van der Waals surface area contributed by atoms with Crippen molar-refractivity contribution in [1.82, 2.24) is 10.6 Å². The van der Waals surface area contributed by atoms with Gasteiger partial charge in [-0.25, -0.2) is 0 Å². The summed E-state index contributed by atoms with van der Waals surface area (Å²) in [6.45, 7) is 1.52. The summed E-state index contributed by atoms with van der Waals surface area (Å²) in [5.74, 6) is -0.493. The van der Waals surface area contributed by atoms with Crippen LogP contribution in [-0.4, -0.2) is 44.2 Å². The summed E-state index contributed by atoms with van der Waals surface area (Å²) >= 11 is 3.32. The van der Waals surface area contributed by atoms with Crippen LogP contribution in [0.2, 0.25) is 0 Å². The normalized spacial score (nSPS) is 17.5. The monoisotopic (exact) mass is 377 g/mol. The fourth-order valence-corrected chi connectivity index (χ4v) is 2.03. The minimum Gasteiger partial charge on any atom is -0.378 e. The van der Waals surface area contributed by atoms with Gasteiger partial charge in [0.1, 0.15) is 6.04 Å². The van der Waals surface area contributed by atoms with E-state index in [9.17, 15) is 9.59 Å². The van der Waals surface area contributed by atoms with E-state index in [1.54, 1.807) is 12.1 Å². The van der Waals surface area contributed by atoms with E-state index in [0.29, 0.717) is 25.4 Å². The van der Waals surface area contributed by atoms with Crippen molar-refractivity contribution in [3.05, 3.63) is 28.7 Å². The first-order chi connectivity index (χ1) is 9.65. The van der Waals surface area contributed by atoms with Crippen LogP contribution in [0, 0.1) is 0 Å². The topological polar surface area (TPSA) is 79.5 Å². The maximum atomic E-state index is 11.8. The van der Waals surface area contributed by atoms with E-state index >= 15 is 0 Å². The van der Waals surface area contributed by atoms with Crippen molar-refractivity contribution < 1.29 is 14.3 Å². The highest BCUT2D eigenvalue weighted by Gasteiger charge is 2.21. The molecule has 1 fully saturated rings. The molecule has 0 aromatic heterocycles. The zero-order chi connectivity index (χ0) is 14.4. The summed E-state index contributed by atoms with van der Waals surface area (Å²) in [5.41, 5.74) is 0.687. The number of anilines is 1. The van der Waals surface area contributed by atoms with Crippen molar-refractivity contribution in [1.29, 1.82) is 0 Å². The molecule has 0 bridgehead atoms. The molecule has 0 spiro atoms. The summed E-state index contributed by atoms with van der Waals surface area (Å²) in [6.07, 6.45) is 0. The van der Waals surface area contributed by atoms with Gasteiger partial charge in [-0.1, -0.05) is 15.9 Å². The second kappa shape index (κ2) is 8.99. The zero-order valence-electron chi connectivity index (χ0n) is 11.2. The van der Waals surface area contributed by atoms with Gasteiger partial charge in [-0.2, -0.15) is 0 Å². The lowest BCUT2D eigenvalue weighted by atomic mass is 10.2. The highest BCUT2D eigenvalue weighted by atomic mass is 79.9. The number of halogens is 2. The molecule has 3 N–H and O–H groups in total. The van der Waals surface area contributed by atoms with Gasteiger partial charge in [0.05, 0.1) is 19.8 Å². The molecule has 1 aromatic rings. The Hall–Kier alpha value is -1.15. The van der Waals surface area contributed by atoms with E-state index in [2.05, 4.69) is 31.9 Å². The molecule has 2 rings (SSSR count). The number of amides is 2. The van der Waals surface area contributed by atoms with Gasteiger partial charge >= 0.3 is 0 Å². The van der Waals surface area contributed by atoms with Crippen molar-refractivity contribution in [3.8, 4) is 0 Å². The summed E-state index contributed by atoms with van der Waals surface area (Å²) < 4.78 is 6.13. The number of nitrogens with one attached hydrogen (secondary N) is 3. The number of ether oxygens (including phenoxy) is 1. The van der Waals surface area contributed by atoms with Crippen LogP contribution in [0.1, 0.15) is 0 Å². The molecule has 1 atom stereocenters. The third kappa shape index (κ3) is 6.01. The summed E-state index contributed by atoms with van der Waals surface area (Å²) in [7, 11) is 0. The predicted molar refractivity (Wildman–Crippen MR) is 85.6 cm³/mol. The number of rotatable bonds is 4. The molecule has 1 aliphatic rings. The summed E-state index contributed by atoms with van der Waals surface area (Å²) in [4.78, 5) is 23.5. The second-order valence-corrected chi connectivity index (χ2v) is 5.27. The third-order valence-electron chi connectivity index (χ3n) is 2.79. The second-order valence-electron chi connectivity index (χ2n) is 4.35. The van der Waals surface area contributed by atoms with E-state index in [1.807, 2.05) is 12.1 Å². The quantitative estimate of drug-likeness (QED) is 0.728. The van der Waals surface area contributed by atoms with Gasteiger partial charge in [0.2, 0.25) is 11.8 Å². The third-order valence-corrected chi connectivity index (χ3v) is 3.32. The molecule has 0 radical (unpaired) electrons. The smallest absolute Gasteiger partial charge is 0.243 e. The Bertz CT molecular complexity index is 478. The lowest BCUT2D eigenvalue weighted by Crippen LogP contribution is -2.52. The molecule has 0 saturated carbocycles. The SMILES string of the molecule is Cl.O=C(CNC(=O)C1COCCN1)Nc1ccc(Br)cc1. The van der Waals surface area contributed by atoms with Crippen LogP contribution in [0.5, 0.6) is 0 Å². The number of hydrogen-bond acceptors (Lipinski definition) is 4. The van der Waals surface area contributed by atoms with Gasteiger partial charge < -0.3 is 20.7 Å². The standard InChI is InChI=1S/C13H16BrN3O3.ClH/c14-9-1-3-10(4-2-9)17-12(18)7-16-13(19)11-8-20-6-5-15-11;/h1-4,11,15H,5-8H2,(H,16,19)(H,17,18);1H. The molecule has 6 nitrogen and oxygen atoms in total. The Morgan fingerprint density at radius 3 is 2.67 bits per heavy atom. The van der Waals surface area contributed by atoms with Crippen molar-refractivity contribution in [3.63, 3.8) is 0 Å². The van der Waals surface area contributed by atoms with Crippen LogP contribution in [0.4, 0.5) is 5.69 Å². The zero-order valence-corrected chi connectivity index (χ0v) is 13.6. The molecule has 1 heterocycles. The Balaban J connectivity index is 0.00000220. The average molecular weight is 379 g/mol. The van der Waals surface area contributed by atoms with E-state index in [0.717, 1.165) is 4.47 Å². The van der Waals surface area contributed by atoms with Crippen LogP contribution in [0.25, 0.3) is 0 Å². The van der Waals surface area contributed by atoms with Crippen LogP contribution >= 0.6 is 28.3 Å². The Kier molecular flexibility index (Phi) is 7.66. The molecule has 1 saturated heterocycles. The minimum atomic E-state index is -0.385. The molecule has 21 heavy (non-hydrogen) atoms. The van der Waals surface area contributed by atoms with Crippen LogP contribution in [0.15, 0.2) is 28.7 Å². The van der Waals surface area contributed by atoms with E-state index in [-0.39, 0.29) is 36.8 Å². The Morgan fingerprint density at radius 2 is 2.05 bits per heavy atom. The van der Waals surface area contributed by atoms with E-state index in [4.69, 9.17) is 4.74 Å². The molecular formula is C13H17BrClN3O3. The molecule has 2 amide bonds. The fourth-order valence-electron chi connectivity index (χ4n) is 1.76. The largest absolute Gasteiger partial charge is 0.378 e. The first-order valence-corrected chi connectivity index (χ1v) is 7.09. The number of carbonyl (C=O) groups is 2. The maximum Gasteiger partial charge on any atom is 0.243 e. The fraction of sp³-hybridized carbons (Fsp3) is 0.385. The number of benzene rings is 1. The van der Waals surface area contributed by atoms with Gasteiger partial charge in [-0.3, -0.25) is 9.59 Å². The maximum absolute atomic E-state index is 11.8. The van der Waals surface area contributed by atoms with Gasteiger partial charge in [0, 0.05) is 16.7 Å². The van der Waals surface area contributed by atoms with Crippen LogP contribution < -0.4 is 16.0 Å². The van der Waals surface area contributed by atoms with Gasteiger partial charge in [-0.05, 0) is 24.3 Å². The highest BCUT2D eigenvalue weighted by molar-refractivity contribution is 9.10. The lowest BCUT2D eigenvalue weighted by molar-refractivity contribution is -0.128. The molecule has 1 aromatic carbocycles. The molecular weight excluding hydrogens is 362 g/mol. The number of morpholine rings is 1. The first-order valence-electron chi connectivity index (χ1n) is 6.29. The van der Waals surface area contributed by atoms with Crippen molar-refractivity contribution in [2.75, 3.05) is 31.6 Å². The molecule has 116 valence electrons. The Morgan fingerprint density at radius 1 is 1.33 bits per heavy atom. The van der Waals surface area contributed by atoms with Crippen molar-refractivity contribution in [2.24, 2.45) is 0 Å². The number of hydrogen-bond donors (Lipinski definition) is 3. The summed E-state index contributed by atoms with van der Waals surface area (Å²) in [5, 5.41) is 8.31. The molecule has 8 heteroatoms. The van der Waals surface area contributed by atoms with Crippen LogP contribution in [-0.2, 0) is 14.3 Å².